The van der Waals surface area contributed by atoms with Gasteiger partial charge in [-0.3, -0.25) is 4.68 Å². The Morgan fingerprint density at radius 3 is 2.39 bits per heavy atom. The number of halogens is 3. The fourth-order valence-corrected chi connectivity index (χ4v) is 1.71. The molecule has 2 N–H and O–H groups in total. The van der Waals surface area contributed by atoms with Gasteiger partial charge in [0.05, 0.1) is 11.3 Å². The molecule has 3 nitrogen and oxygen atoms in total. The van der Waals surface area contributed by atoms with Crippen LogP contribution < -0.4 is 5.73 Å². The largest absolute Gasteiger partial charge is 0.416 e. The SMILES string of the molecule is Cc1ccc(-c2cc(N)n(C)n2)cc1C(F)(F)F. The molecule has 2 rings (SSSR count). The standard InChI is InChI=1S/C12H12F3N3/c1-7-3-4-8(5-9(7)12(13,14)15)10-6-11(16)18(2)17-10/h3-6H,16H2,1-2H3. The molecule has 0 aliphatic heterocycles. The highest BCUT2D eigenvalue weighted by atomic mass is 19.4. The number of hydrogen-bond acceptors (Lipinski definition) is 2. The molecule has 18 heavy (non-hydrogen) atoms. The number of hydrogen-bond donors (Lipinski definition) is 1. The summed E-state index contributed by atoms with van der Waals surface area (Å²) in [6.45, 7) is 1.43. The monoisotopic (exact) mass is 255 g/mol. The van der Waals surface area contributed by atoms with Crippen molar-refractivity contribution in [3.05, 3.63) is 35.4 Å². The van der Waals surface area contributed by atoms with Crippen LogP contribution in [0.25, 0.3) is 11.3 Å². The number of aromatic nitrogens is 2. The fraction of sp³-hybridized carbons (Fsp3) is 0.250. The average Bonchev–Trinajstić information content (AvgIpc) is 2.58. The summed E-state index contributed by atoms with van der Waals surface area (Å²) in [6.07, 6.45) is -4.36. The van der Waals surface area contributed by atoms with E-state index in [0.717, 1.165) is 6.07 Å². The summed E-state index contributed by atoms with van der Waals surface area (Å²) in [7, 11) is 1.64. The minimum absolute atomic E-state index is 0.190. The van der Waals surface area contributed by atoms with Crippen molar-refractivity contribution in [2.45, 2.75) is 13.1 Å². The van der Waals surface area contributed by atoms with Crippen LogP contribution in [0.5, 0.6) is 0 Å². The summed E-state index contributed by atoms with van der Waals surface area (Å²) in [6, 6.07) is 5.68. The molecule has 6 heteroatoms. The van der Waals surface area contributed by atoms with E-state index in [2.05, 4.69) is 5.10 Å². The number of rotatable bonds is 1. The van der Waals surface area contributed by atoms with Crippen molar-refractivity contribution in [3.63, 3.8) is 0 Å². The maximum absolute atomic E-state index is 12.8. The minimum atomic E-state index is -4.36. The van der Waals surface area contributed by atoms with E-state index >= 15 is 0 Å². The van der Waals surface area contributed by atoms with E-state index in [9.17, 15) is 13.2 Å². The maximum Gasteiger partial charge on any atom is 0.416 e. The third-order valence-corrected chi connectivity index (χ3v) is 2.75. The smallest absolute Gasteiger partial charge is 0.384 e. The van der Waals surface area contributed by atoms with Gasteiger partial charge in [-0.05, 0) is 18.6 Å². The van der Waals surface area contributed by atoms with E-state index in [-0.39, 0.29) is 5.56 Å². The molecule has 2 aromatic rings. The lowest BCUT2D eigenvalue weighted by Crippen LogP contribution is -2.07. The van der Waals surface area contributed by atoms with Crippen LogP contribution >= 0.6 is 0 Å². The lowest BCUT2D eigenvalue weighted by atomic mass is 10.0. The number of nitrogens with zero attached hydrogens (tertiary/aromatic N) is 2. The molecule has 0 bridgehead atoms. The van der Waals surface area contributed by atoms with Crippen LogP contribution in [0.2, 0.25) is 0 Å². The van der Waals surface area contributed by atoms with Gasteiger partial charge in [-0.2, -0.15) is 18.3 Å². The second-order valence-corrected chi connectivity index (χ2v) is 4.11. The number of nitrogens with two attached hydrogens (primary N) is 1. The van der Waals surface area contributed by atoms with Gasteiger partial charge in [0, 0.05) is 18.7 Å². The first-order valence-electron chi connectivity index (χ1n) is 5.27. The van der Waals surface area contributed by atoms with E-state index in [4.69, 9.17) is 5.73 Å². The summed E-state index contributed by atoms with van der Waals surface area (Å²) >= 11 is 0. The predicted molar refractivity (Wildman–Crippen MR) is 62.8 cm³/mol. The van der Waals surface area contributed by atoms with Crippen LogP contribution in [0.3, 0.4) is 0 Å². The Morgan fingerprint density at radius 2 is 1.89 bits per heavy atom. The molecule has 1 aromatic heterocycles. The summed E-state index contributed by atoms with van der Waals surface area (Å²) < 4.78 is 39.8. The van der Waals surface area contributed by atoms with Gasteiger partial charge in [-0.25, -0.2) is 0 Å². The minimum Gasteiger partial charge on any atom is -0.384 e. The van der Waals surface area contributed by atoms with E-state index < -0.39 is 11.7 Å². The van der Waals surface area contributed by atoms with Crippen LogP contribution in [0.1, 0.15) is 11.1 Å². The average molecular weight is 255 g/mol. The molecule has 1 heterocycles. The quantitative estimate of drug-likeness (QED) is 0.851. The molecule has 0 radical (unpaired) electrons. The lowest BCUT2D eigenvalue weighted by molar-refractivity contribution is -0.138. The van der Waals surface area contributed by atoms with E-state index in [1.807, 2.05) is 0 Å². The van der Waals surface area contributed by atoms with E-state index in [1.165, 1.54) is 17.7 Å². The molecule has 0 amide bonds. The lowest BCUT2D eigenvalue weighted by Gasteiger charge is -2.11. The number of nitrogen functional groups attached to an aromatic ring is 1. The number of benzene rings is 1. The van der Waals surface area contributed by atoms with Gasteiger partial charge in [-0.15, -0.1) is 0 Å². The van der Waals surface area contributed by atoms with Gasteiger partial charge >= 0.3 is 6.18 Å². The summed E-state index contributed by atoms with van der Waals surface area (Å²) in [5.74, 6) is 0.402. The van der Waals surface area contributed by atoms with Crippen molar-refractivity contribution >= 4 is 5.82 Å². The molecule has 0 saturated carbocycles. The molecule has 0 aliphatic rings. The zero-order valence-corrected chi connectivity index (χ0v) is 9.92. The molecular weight excluding hydrogens is 243 g/mol. The van der Waals surface area contributed by atoms with E-state index in [0.29, 0.717) is 17.1 Å². The molecule has 96 valence electrons. The molecule has 0 aliphatic carbocycles. The zero-order valence-electron chi connectivity index (χ0n) is 9.92. The van der Waals surface area contributed by atoms with Gasteiger partial charge in [0.1, 0.15) is 5.82 Å². The second-order valence-electron chi connectivity index (χ2n) is 4.11. The Kier molecular flexibility index (Phi) is 2.80. The molecule has 0 spiro atoms. The fourth-order valence-electron chi connectivity index (χ4n) is 1.71. The Labute approximate surface area is 102 Å². The van der Waals surface area contributed by atoms with Crippen molar-refractivity contribution in [2.24, 2.45) is 7.05 Å². The molecule has 0 fully saturated rings. The number of anilines is 1. The molecule has 1 aromatic carbocycles. The molecular formula is C12H12F3N3. The first-order chi connectivity index (χ1) is 8.29. The van der Waals surface area contributed by atoms with Crippen LogP contribution in [-0.4, -0.2) is 9.78 Å². The van der Waals surface area contributed by atoms with Gasteiger partial charge in [0.2, 0.25) is 0 Å². The van der Waals surface area contributed by atoms with Crippen LogP contribution in [-0.2, 0) is 13.2 Å². The molecule has 0 atom stereocenters. The number of aryl methyl sites for hydroxylation is 2. The predicted octanol–water partition coefficient (Wildman–Crippen LogP) is 3.00. The van der Waals surface area contributed by atoms with Crippen molar-refractivity contribution in [1.29, 1.82) is 0 Å². The zero-order chi connectivity index (χ0) is 13.5. The Balaban J connectivity index is 2.54. The maximum atomic E-state index is 12.8. The third-order valence-electron chi connectivity index (χ3n) is 2.75. The Bertz CT molecular complexity index is 565. The second kappa shape index (κ2) is 4.04. The van der Waals surface area contributed by atoms with Gasteiger partial charge in [0.15, 0.2) is 0 Å². The molecule has 0 saturated heterocycles. The first-order valence-corrected chi connectivity index (χ1v) is 5.27. The van der Waals surface area contributed by atoms with Gasteiger partial charge in [0.25, 0.3) is 0 Å². The van der Waals surface area contributed by atoms with Gasteiger partial charge < -0.3 is 5.73 Å². The van der Waals surface area contributed by atoms with Crippen molar-refractivity contribution in [3.8, 4) is 11.3 Å². The van der Waals surface area contributed by atoms with Crippen molar-refractivity contribution < 1.29 is 13.2 Å². The third kappa shape index (κ3) is 2.18. The topological polar surface area (TPSA) is 43.8 Å². The van der Waals surface area contributed by atoms with Crippen LogP contribution in [0.4, 0.5) is 19.0 Å². The summed E-state index contributed by atoms with van der Waals surface area (Å²) in [4.78, 5) is 0. The number of alkyl halides is 3. The highest BCUT2D eigenvalue weighted by Gasteiger charge is 2.32. The van der Waals surface area contributed by atoms with Crippen molar-refractivity contribution in [2.75, 3.05) is 5.73 Å². The first kappa shape index (κ1) is 12.5. The van der Waals surface area contributed by atoms with E-state index in [1.54, 1.807) is 19.2 Å². The Morgan fingerprint density at radius 1 is 1.22 bits per heavy atom. The van der Waals surface area contributed by atoms with Gasteiger partial charge in [-0.1, -0.05) is 12.1 Å². The van der Waals surface area contributed by atoms with Crippen LogP contribution in [0, 0.1) is 6.92 Å². The Hall–Kier alpha value is -1.98. The highest BCUT2D eigenvalue weighted by Crippen LogP contribution is 2.34. The normalized spacial score (nSPS) is 11.8. The molecule has 0 unspecified atom stereocenters. The highest BCUT2D eigenvalue weighted by molar-refractivity contribution is 5.64. The van der Waals surface area contributed by atoms with Crippen molar-refractivity contribution in [1.82, 2.24) is 9.78 Å². The summed E-state index contributed by atoms with van der Waals surface area (Å²) in [5, 5.41) is 4.06. The summed E-state index contributed by atoms with van der Waals surface area (Å²) in [5.41, 5.74) is 5.99. The van der Waals surface area contributed by atoms with Crippen LogP contribution in [0.15, 0.2) is 24.3 Å².